The minimum Gasteiger partial charge on any atom is -0.372 e. The molecule has 0 radical (unpaired) electrons. The Hall–Kier alpha value is -0.770. The Morgan fingerprint density at radius 1 is 1.33 bits per heavy atom. The van der Waals surface area contributed by atoms with E-state index in [9.17, 15) is 0 Å². The third kappa shape index (κ3) is 3.16. The fourth-order valence-electron chi connectivity index (χ4n) is 2.50. The maximum Gasteiger partial charge on any atom is 0.0726 e. The van der Waals surface area contributed by atoms with Gasteiger partial charge in [-0.05, 0) is 38.6 Å². The summed E-state index contributed by atoms with van der Waals surface area (Å²) < 4.78 is 5.75. The summed E-state index contributed by atoms with van der Waals surface area (Å²) >= 11 is 6.38. The number of halogens is 1. The molecular weight excluding hydrogens is 248 g/mol. The van der Waals surface area contributed by atoms with Crippen LogP contribution in [0.15, 0.2) is 18.2 Å². The predicted molar refractivity (Wildman–Crippen MR) is 76.4 cm³/mol. The zero-order valence-corrected chi connectivity index (χ0v) is 12.0. The molecule has 4 heteroatoms. The van der Waals surface area contributed by atoms with Crippen LogP contribution < -0.4 is 10.2 Å². The molecular formula is C14H21ClN2O. The van der Waals surface area contributed by atoms with E-state index in [1.807, 2.05) is 13.1 Å². The van der Waals surface area contributed by atoms with Gasteiger partial charge in [0, 0.05) is 19.6 Å². The number of benzene rings is 1. The predicted octanol–water partition coefficient (Wildman–Crippen LogP) is 2.67. The fourth-order valence-corrected chi connectivity index (χ4v) is 2.82. The third-order valence-corrected chi connectivity index (χ3v) is 3.46. The molecule has 1 fully saturated rings. The number of hydrogen-bond acceptors (Lipinski definition) is 3. The SMILES string of the molecule is CNCc1ccc(N2CC(C)OC(C)C2)c(Cl)c1. The smallest absolute Gasteiger partial charge is 0.0726 e. The van der Waals surface area contributed by atoms with Crippen molar-refractivity contribution in [3.8, 4) is 0 Å². The average Bonchev–Trinajstić information content (AvgIpc) is 2.28. The summed E-state index contributed by atoms with van der Waals surface area (Å²) in [6, 6.07) is 6.28. The van der Waals surface area contributed by atoms with Gasteiger partial charge < -0.3 is 15.0 Å². The van der Waals surface area contributed by atoms with Gasteiger partial charge in [0.1, 0.15) is 0 Å². The Morgan fingerprint density at radius 3 is 2.56 bits per heavy atom. The summed E-state index contributed by atoms with van der Waals surface area (Å²) in [4.78, 5) is 2.31. The highest BCUT2D eigenvalue weighted by molar-refractivity contribution is 6.33. The lowest BCUT2D eigenvalue weighted by molar-refractivity contribution is -0.00520. The lowest BCUT2D eigenvalue weighted by Crippen LogP contribution is -2.45. The van der Waals surface area contributed by atoms with Crippen LogP contribution in [0.4, 0.5) is 5.69 Å². The van der Waals surface area contributed by atoms with Crippen molar-refractivity contribution in [3.63, 3.8) is 0 Å². The first kappa shape index (κ1) is 13.7. The molecule has 0 aliphatic carbocycles. The molecule has 100 valence electrons. The molecule has 1 N–H and O–H groups in total. The van der Waals surface area contributed by atoms with Crippen molar-refractivity contribution in [2.24, 2.45) is 0 Å². The van der Waals surface area contributed by atoms with E-state index in [0.29, 0.717) is 0 Å². The van der Waals surface area contributed by atoms with Crippen molar-refractivity contribution in [2.75, 3.05) is 25.0 Å². The zero-order chi connectivity index (χ0) is 13.1. The highest BCUT2D eigenvalue weighted by atomic mass is 35.5. The van der Waals surface area contributed by atoms with Crippen LogP contribution in [0.2, 0.25) is 5.02 Å². The largest absolute Gasteiger partial charge is 0.372 e. The van der Waals surface area contributed by atoms with Crippen LogP contribution in [-0.2, 0) is 11.3 Å². The van der Waals surface area contributed by atoms with E-state index in [2.05, 4.69) is 36.2 Å². The monoisotopic (exact) mass is 268 g/mol. The number of nitrogens with zero attached hydrogens (tertiary/aromatic N) is 1. The topological polar surface area (TPSA) is 24.5 Å². The van der Waals surface area contributed by atoms with Crippen molar-refractivity contribution in [1.29, 1.82) is 0 Å². The summed E-state index contributed by atoms with van der Waals surface area (Å²) in [7, 11) is 1.94. The molecule has 0 amide bonds. The summed E-state index contributed by atoms with van der Waals surface area (Å²) in [5.74, 6) is 0. The van der Waals surface area contributed by atoms with Gasteiger partial charge in [0.25, 0.3) is 0 Å². The first-order valence-corrected chi connectivity index (χ1v) is 6.81. The van der Waals surface area contributed by atoms with E-state index < -0.39 is 0 Å². The maximum absolute atomic E-state index is 6.38. The lowest BCUT2D eigenvalue weighted by Gasteiger charge is -2.37. The molecule has 2 atom stereocenters. The minimum absolute atomic E-state index is 0.252. The van der Waals surface area contributed by atoms with Crippen LogP contribution in [0.3, 0.4) is 0 Å². The van der Waals surface area contributed by atoms with E-state index in [1.165, 1.54) is 5.56 Å². The van der Waals surface area contributed by atoms with Crippen LogP contribution in [0.25, 0.3) is 0 Å². The number of anilines is 1. The summed E-state index contributed by atoms with van der Waals surface area (Å²) in [5, 5.41) is 3.96. The van der Waals surface area contributed by atoms with Gasteiger partial charge in [-0.25, -0.2) is 0 Å². The summed E-state index contributed by atoms with van der Waals surface area (Å²) in [5.41, 5.74) is 2.32. The second-order valence-electron chi connectivity index (χ2n) is 4.98. The number of hydrogen-bond donors (Lipinski definition) is 1. The Kier molecular flexibility index (Phi) is 4.49. The Balaban J connectivity index is 2.17. The van der Waals surface area contributed by atoms with E-state index in [-0.39, 0.29) is 12.2 Å². The fraction of sp³-hybridized carbons (Fsp3) is 0.571. The molecule has 0 spiro atoms. The standard InChI is InChI=1S/C14H21ClN2O/c1-10-8-17(9-11(2)18-10)14-5-4-12(7-16-3)6-13(14)15/h4-6,10-11,16H,7-9H2,1-3H3. The first-order valence-electron chi connectivity index (χ1n) is 6.43. The van der Waals surface area contributed by atoms with Crippen molar-refractivity contribution >= 4 is 17.3 Å². The van der Waals surface area contributed by atoms with Gasteiger partial charge in [0.15, 0.2) is 0 Å². The molecule has 2 rings (SSSR count). The molecule has 1 saturated heterocycles. The van der Waals surface area contributed by atoms with E-state index >= 15 is 0 Å². The number of ether oxygens (including phenoxy) is 1. The van der Waals surface area contributed by atoms with Crippen molar-refractivity contribution in [2.45, 2.75) is 32.6 Å². The van der Waals surface area contributed by atoms with E-state index in [0.717, 1.165) is 30.3 Å². The van der Waals surface area contributed by atoms with Gasteiger partial charge in [-0.3, -0.25) is 0 Å². The normalized spacial score (nSPS) is 24.3. The van der Waals surface area contributed by atoms with Gasteiger partial charge in [0.05, 0.1) is 22.9 Å². The molecule has 3 nitrogen and oxygen atoms in total. The highest BCUT2D eigenvalue weighted by Gasteiger charge is 2.23. The molecule has 1 aliphatic rings. The van der Waals surface area contributed by atoms with E-state index in [4.69, 9.17) is 16.3 Å². The summed E-state index contributed by atoms with van der Waals surface area (Å²) in [6.45, 7) is 6.85. The maximum atomic E-state index is 6.38. The number of nitrogens with one attached hydrogen (secondary N) is 1. The van der Waals surface area contributed by atoms with Gasteiger partial charge in [0.2, 0.25) is 0 Å². The zero-order valence-electron chi connectivity index (χ0n) is 11.2. The minimum atomic E-state index is 0.252. The van der Waals surface area contributed by atoms with Gasteiger partial charge in [-0.2, -0.15) is 0 Å². The first-order chi connectivity index (χ1) is 8.60. The van der Waals surface area contributed by atoms with Crippen molar-refractivity contribution in [3.05, 3.63) is 28.8 Å². The van der Waals surface area contributed by atoms with E-state index in [1.54, 1.807) is 0 Å². The third-order valence-electron chi connectivity index (χ3n) is 3.15. The molecule has 1 aromatic carbocycles. The highest BCUT2D eigenvalue weighted by Crippen LogP contribution is 2.29. The van der Waals surface area contributed by atoms with Gasteiger partial charge >= 0.3 is 0 Å². The quantitative estimate of drug-likeness (QED) is 0.912. The molecule has 0 saturated carbocycles. The number of rotatable bonds is 3. The molecule has 1 aliphatic heterocycles. The Bertz CT molecular complexity index is 401. The second kappa shape index (κ2) is 5.91. The summed E-state index contributed by atoms with van der Waals surface area (Å²) in [6.07, 6.45) is 0.503. The number of morpholine rings is 1. The molecule has 0 aromatic heterocycles. The Labute approximate surface area is 114 Å². The second-order valence-corrected chi connectivity index (χ2v) is 5.39. The molecule has 1 aromatic rings. The lowest BCUT2D eigenvalue weighted by atomic mass is 10.1. The van der Waals surface area contributed by atoms with Crippen LogP contribution in [0.1, 0.15) is 19.4 Å². The van der Waals surface area contributed by atoms with Crippen LogP contribution in [0, 0.1) is 0 Å². The molecule has 1 heterocycles. The van der Waals surface area contributed by atoms with Crippen LogP contribution >= 0.6 is 11.6 Å². The Morgan fingerprint density at radius 2 is 2.00 bits per heavy atom. The average molecular weight is 269 g/mol. The molecule has 2 unspecified atom stereocenters. The molecule has 18 heavy (non-hydrogen) atoms. The van der Waals surface area contributed by atoms with Gasteiger partial charge in [-0.15, -0.1) is 0 Å². The van der Waals surface area contributed by atoms with Gasteiger partial charge in [-0.1, -0.05) is 17.7 Å². The van der Waals surface area contributed by atoms with Crippen molar-refractivity contribution in [1.82, 2.24) is 5.32 Å². The van der Waals surface area contributed by atoms with Crippen molar-refractivity contribution < 1.29 is 4.74 Å². The molecule has 0 bridgehead atoms. The van der Waals surface area contributed by atoms with Crippen LogP contribution in [0.5, 0.6) is 0 Å². The van der Waals surface area contributed by atoms with Crippen LogP contribution in [-0.4, -0.2) is 32.3 Å².